The van der Waals surface area contributed by atoms with Crippen LogP contribution in [0.25, 0.3) is 0 Å². The Labute approximate surface area is 148 Å². The van der Waals surface area contributed by atoms with Crippen LogP contribution in [0.15, 0.2) is 53.5 Å². The Morgan fingerprint density at radius 2 is 2.04 bits per heavy atom. The zero-order valence-electron chi connectivity index (χ0n) is 13.1. The normalized spacial score (nSPS) is 10.1. The summed E-state index contributed by atoms with van der Waals surface area (Å²) in [6.07, 6.45) is 1.60. The van der Waals surface area contributed by atoms with Gasteiger partial charge in [0.2, 0.25) is 0 Å². The SMILES string of the molecule is C=CCOc1ccc(C(=O)NC)cc1OCc1ccc(Br)cc1F. The van der Waals surface area contributed by atoms with Gasteiger partial charge >= 0.3 is 0 Å². The Morgan fingerprint density at radius 1 is 1.25 bits per heavy atom. The van der Waals surface area contributed by atoms with Crippen LogP contribution in [0.1, 0.15) is 15.9 Å². The lowest BCUT2D eigenvalue weighted by atomic mass is 10.2. The molecule has 1 N–H and O–H groups in total. The molecule has 24 heavy (non-hydrogen) atoms. The van der Waals surface area contributed by atoms with Crippen molar-refractivity contribution in [2.45, 2.75) is 6.61 Å². The van der Waals surface area contributed by atoms with Gasteiger partial charge in [-0.05, 0) is 30.3 Å². The van der Waals surface area contributed by atoms with Crippen LogP contribution in [-0.2, 0) is 6.61 Å². The molecule has 0 unspecified atom stereocenters. The smallest absolute Gasteiger partial charge is 0.251 e. The summed E-state index contributed by atoms with van der Waals surface area (Å²) in [7, 11) is 1.54. The quantitative estimate of drug-likeness (QED) is 0.720. The number of halogens is 2. The molecule has 2 aromatic carbocycles. The minimum atomic E-state index is -0.375. The zero-order chi connectivity index (χ0) is 17.5. The standard InChI is InChI=1S/C18H17BrFNO3/c1-3-8-23-16-7-5-12(18(22)21-2)9-17(16)24-11-13-4-6-14(19)10-15(13)20/h3-7,9-10H,1,8,11H2,2H3,(H,21,22). The largest absolute Gasteiger partial charge is 0.486 e. The van der Waals surface area contributed by atoms with Crippen LogP contribution in [0.4, 0.5) is 4.39 Å². The van der Waals surface area contributed by atoms with Crippen molar-refractivity contribution < 1.29 is 18.7 Å². The molecule has 4 nitrogen and oxygen atoms in total. The molecular formula is C18H17BrFNO3. The molecule has 0 spiro atoms. The van der Waals surface area contributed by atoms with E-state index in [-0.39, 0.29) is 18.3 Å². The fourth-order valence-corrected chi connectivity index (χ4v) is 2.30. The summed E-state index contributed by atoms with van der Waals surface area (Å²) in [5.41, 5.74) is 0.827. The van der Waals surface area contributed by atoms with Crippen LogP contribution in [-0.4, -0.2) is 19.6 Å². The monoisotopic (exact) mass is 393 g/mol. The summed E-state index contributed by atoms with van der Waals surface area (Å²) < 4.78 is 25.8. The van der Waals surface area contributed by atoms with Gasteiger partial charge in [0.05, 0.1) is 0 Å². The number of rotatable bonds is 7. The third-order valence-corrected chi connectivity index (χ3v) is 3.68. The first-order valence-corrected chi connectivity index (χ1v) is 8.01. The summed E-state index contributed by atoms with van der Waals surface area (Å²) in [5, 5.41) is 2.54. The molecule has 0 aliphatic heterocycles. The molecule has 0 saturated carbocycles. The molecule has 6 heteroatoms. The lowest BCUT2D eigenvalue weighted by Gasteiger charge is -2.14. The van der Waals surface area contributed by atoms with Crippen LogP contribution in [0.3, 0.4) is 0 Å². The summed E-state index contributed by atoms with van der Waals surface area (Å²) in [4.78, 5) is 11.8. The number of amides is 1. The predicted molar refractivity (Wildman–Crippen MR) is 94.0 cm³/mol. The molecule has 0 aliphatic rings. The number of carbonyl (C=O) groups excluding carboxylic acids is 1. The van der Waals surface area contributed by atoms with Crippen LogP contribution < -0.4 is 14.8 Å². The molecule has 0 aromatic heterocycles. The summed E-state index contributed by atoms with van der Waals surface area (Å²) in [6, 6.07) is 9.57. The van der Waals surface area contributed by atoms with E-state index in [2.05, 4.69) is 27.8 Å². The molecule has 0 radical (unpaired) electrons. The van der Waals surface area contributed by atoms with Gasteiger partial charge in [0, 0.05) is 22.6 Å². The minimum Gasteiger partial charge on any atom is -0.486 e. The highest BCUT2D eigenvalue weighted by Gasteiger charge is 2.12. The van der Waals surface area contributed by atoms with Crippen LogP contribution in [0.5, 0.6) is 11.5 Å². The molecular weight excluding hydrogens is 377 g/mol. The van der Waals surface area contributed by atoms with Gasteiger partial charge in [-0.3, -0.25) is 4.79 Å². The average molecular weight is 394 g/mol. The average Bonchev–Trinajstić information content (AvgIpc) is 2.58. The first kappa shape index (κ1) is 18.0. The molecule has 0 saturated heterocycles. The molecule has 0 heterocycles. The van der Waals surface area contributed by atoms with Gasteiger partial charge in [0.1, 0.15) is 19.0 Å². The zero-order valence-corrected chi connectivity index (χ0v) is 14.7. The van der Waals surface area contributed by atoms with Gasteiger partial charge in [-0.15, -0.1) is 0 Å². The number of nitrogens with one attached hydrogen (secondary N) is 1. The Morgan fingerprint density at radius 3 is 2.71 bits per heavy atom. The third kappa shape index (κ3) is 4.58. The maximum absolute atomic E-state index is 13.9. The summed E-state index contributed by atoms with van der Waals surface area (Å²) in [6.45, 7) is 3.90. The van der Waals surface area contributed by atoms with Crippen molar-refractivity contribution in [1.82, 2.24) is 5.32 Å². The Hall–Kier alpha value is -2.34. The number of benzene rings is 2. The van der Waals surface area contributed by atoms with Crippen molar-refractivity contribution in [3.63, 3.8) is 0 Å². The predicted octanol–water partition coefficient (Wildman–Crippen LogP) is 4.09. The second kappa shape index (κ2) is 8.49. The second-order valence-electron chi connectivity index (χ2n) is 4.86. The van der Waals surface area contributed by atoms with Gasteiger partial charge in [0.25, 0.3) is 5.91 Å². The molecule has 2 aromatic rings. The van der Waals surface area contributed by atoms with Crippen molar-refractivity contribution in [3.05, 3.63) is 70.5 Å². The number of ether oxygens (including phenoxy) is 2. The lowest BCUT2D eigenvalue weighted by Crippen LogP contribution is -2.17. The van der Waals surface area contributed by atoms with E-state index in [0.29, 0.717) is 33.7 Å². The number of hydrogen-bond donors (Lipinski definition) is 1. The summed E-state index contributed by atoms with van der Waals surface area (Å²) >= 11 is 3.21. The molecule has 0 bridgehead atoms. The Balaban J connectivity index is 2.24. The number of carbonyl (C=O) groups is 1. The maximum atomic E-state index is 13.9. The highest BCUT2D eigenvalue weighted by molar-refractivity contribution is 9.10. The Kier molecular flexibility index (Phi) is 6.37. The van der Waals surface area contributed by atoms with E-state index in [1.54, 1.807) is 43.5 Å². The van der Waals surface area contributed by atoms with E-state index in [0.717, 1.165) is 0 Å². The van der Waals surface area contributed by atoms with Gasteiger partial charge in [-0.2, -0.15) is 0 Å². The van der Waals surface area contributed by atoms with Crippen LogP contribution in [0.2, 0.25) is 0 Å². The van der Waals surface area contributed by atoms with Crippen molar-refractivity contribution in [2.24, 2.45) is 0 Å². The molecule has 1 amide bonds. The highest BCUT2D eigenvalue weighted by Crippen LogP contribution is 2.30. The molecule has 0 aliphatic carbocycles. The first-order valence-electron chi connectivity index (χ1n) is 7.21. The summed E-state index contributed by atoms with van der Waals surface area (Å²) in [5.74, 6) is 0.200. The van der Waals surface area contributed by atoms with E-state index in [4.69, 9.17) is 9.47 Å². The third-order valence-electron chi connectivity index (χ3n) is 3.19. The van der Waals surface area contributed by atoms with E-state index in [1.165, 1.54) is 6.07 Å². The minimum absolute atomic E-state index is 0.0146. The lowest BCUT2D eigenvalue weighted by molar-refractivity contribution is 0.0962. The van der Waals surface area contributed by atoms with Crippen molar-refractivity contribution >= 4 is 21.8 Å². The van der Waals surface area contributed by atoms with Crippen molar-refractivity contribution in [2.75, 3.05) is 13.7 Å². The number of hydrogen-bond acceptors (Lipinski definition) is 3. The van der Waals surface area contributed by atoms with E-state index in [9.17, 15) is 9.18 Å². The fraction of sp³-hybridized carbons (Fsp3) is 0.167. The molecule has 2 rings (SSSR count). The van der Waals surface area contributed by atoms with Gasteiger partial charge in [0.15, 0.2) is 11.5 Å². The van der Waals surface area contributed by atoms with Crippen molar-refractivity contribution in [3.8, 4) is 11.5 Å². The molecule has 0 fully saturated rings. The molecule has 0 atom stereocenters. The van der Waals surface area contributed by atoms with Gasteiger partial charge in [-0.1, -0.05) is 34.7 Å². The maximum Gasteiger partial charge on any atom is 0.251 e. The fourth-order valence-electron chi connectivity index (χ4n) is 1.97. The highest BCUT2D eigenvalue weighted by atomic mass is 79.9. The topological polar surface area (TPSA) is 47.6 Å². The Bertz CT molecular complexity index is 749. The van der Waals surface area contributed by atoms with Gasteiger partial charge in [-0.25, -0.2) is 4.39 Å². The van der Waals surface area contributed by atoms with E-state index in [1.807, 2.05) is 0 Å². The first-order chi connectivity index (χ1) is 11.5. The van der Waals surface area contributed by atoms with Crippen molar-refractivity contribution in [1.29, 1.82) is 0 Å². The van der Waals surface area contributed by atoms with Crippen LogP contribution >= 0.6 is 15.9 Å². The van der Waals surface area contributed by atoms with E-state index < -0.39 is 0 Å². The molecule has 126 valence electrons. The van der Waals surface area contributed by atoms with Crippen LogP contribution in [0, 0.1) is 5.82 Å². The van der Waals surface area contributed by atoms with E-state index >= 15 is 0 Å². The van der Waals surface area contributed by atoms with Gasteiger partial charge < -0.3 is 14.8 Å². The second-order valence-corrected chi connectivity index (χ2v) is 5.78.